The Morgan fingerprint density at radius 2 is 1.52 bits per heavy atom. The number of esters is 4. The zero-order valence-corrected chi connectivity index (χ0v) is 35.2. The van der Waals surface area contributed by atoms with Crippen molar-refractivity contribution in [3.63, 3.8) is 0 Å². The van der Waals surface area contributed by atoms with Gasteiger partial charge in [0.15, 0.2) is 17.8 Å². The van der Waals surface area contributed by atoms with Crippen LogP contribution in [0.5, 0.6) is 0 Å². The maximum Gasteiger partial charge on any atom is 0.338 e. The molecule has 0 radical (unpaired) electrons. The summed E-state index contributed by atoms with van der Waals surface area (Å²) >= 11 is 0. The summed E-state index contributed by atoms with van der Waals surface area (Å²) in [5.74, 6) is -5.49. The molecule has 326 valence electrons. The van der Waals surface area contributed by atoms with Gasteiger partial charge in [-0.3, -0.25) is 14.4 Å². The van der Waals surface area contributed by atoms with E-state index < -0.39 is 107 Å². The average Bonchev–Trinajstić information content (AvgIpc) is 3.45. The topological polar surface area (TPSA) is 224 Å². The van der Waals surface area contributed by atoms with Crippen LogP contribution in [-0.4, -0.2) is 117 Å². The lowest BCUT2D eigenvalue weighted by atomic mass is 9.49. The number of rotatable bonds is 12. The van der Waals surface area contributed by atoms with E-state index in [0.29, 0.717) is 5.56 Å². The number of aliphatic hydroxyl groups excluding tert-OH is 3. The lowest BCUT2D eigenvalue weighted by Crippen LogP contribution is -2.78. The van der Waals surface area contributed by atoms with Gasteiger partial charge in [-0.25, -0.2) is 9.59 Å². The summed E-state index contributed by atoms with van der Waals surface area (Å²) < 4.78 is 30.7. The smallest absolute Gasteiger partial charge is 0.338 e. The second kappa shape index (κ2) is 16.7. The van der Waals surface area contributed by atoms with E-state index in [0.717, 1.165) is 6.92 Å². The van der Waals surface area contributed by atoms with Gasteiger partial charge in [0.2, 0.25) is 0 Å². The molecule has 2 saturated carbocycles. The molecule has 1 amide bonds. The molecule has 2 aromatic carbocycles. The van der Waals surface area contributed by atoms with Gasteiger partial charge in [0.05, 0.1) is 41.3 Å². The van der Waals surface area contributed by atoms with E-state index in [-0.39, 0.29) is 48.5 Å². The van der Waals surface area contributed by atoms with Crippen LogP contribution in [0.2, 0.25) is 0 Å². The summed E-state index contributed by atoms with van der Waals surface area (Å²) in [6.07, 6.45) is -10.9. The lowest BCUT2D eigenvalue weighted by Gasteiger charge is -2.65. The Kier molecular flexibility index (Phi) is 12.5. The molecule has 0 unspecified atom stereocenters. The van der Waals surface area contributed by atoms with E-state index in [1.807, 2.05) is 13.8 Å². The molecule has 6 rings (SSSR count). The van der Waals surface area contributed by atoms with Crippen molar-refractivity contribution in [2.24, 2.45) is 22.7 Å². The minimum absolute atomic E-state index is 0.0598. The van der Waals surface area contributed by atoms with Gasteiger partial charge in [-0.1, -0.05) is 57.2 Å². The van der Waals surface area contributed by atoms with Crippen molar-refractivity contribution in [3.8, 4) is 0 Å². The van der Waals surface area contributed by atoms with Crippen LogP contribution in [0.4, 0.5) is 0 Å². The Bertz CT molecular complexity index is 2000. The Balaban J connectivity index is 1.53. The molecule has 2 aromatic rings. The molecule has 0 bridgehead atoms. The maximum atomic E-state index is 14.4. The normalized spacial score (nSPS) is 33.1. The molecule has 3 aliphatic carbocycles. The number of carbonyl (C=O) groups excluding carboxylic acids is 5. The molecule has 1 aliphatic heterocycles. The van der Waals surface area contributed by atoms with Crippen molar-refractivity contribution in [3.05, 3.63) is 82.9 Å². The molecule has 0 spiro atoms. The Labute approximate surface area is 349 Å². The molecular weight excluding hydrogens is 778 g/mol. The summed E-state index contributed by atoms with van der Waals surface area (Å²) in [6, 6.07) is 15.2. The third-order valence-corrected chi connectivity index (χ3v) is 13.2. The van der Waals surface area contributed by atoms with E-state index in [2.05, 4.69) is 5.32 Å². The summed E-state index contributed by atoms with van der Waals surface area (Å²) in [4.78, 5) is 67.8. The van der Waals surface area contributed by atoms with Crippen LogP contribution in [0.1, 0.15) is 95.4 Å². The van der Waals surface area contributed by atoms with Gasteiger partial charge in [0.1, 0.15) is 24.4 Å². The van der Waals surface area contributed by atoms with Crippen LogP contribution in [-0.2, 0) is 38.1 Å². The summed E-state index contributed by atoms with van der Waals surface area (Å²) in [5, 5.41) is 51.9. The van der Waals surface area contributed by atoms with Crippen molar-refractivity contribution < 1.29 is 68.1 Å². The largest absolute Gasteiger partial charge is 0.457 e. The quantitative estimate of drug-likeness (QED) is 0.118. The Morgan fingerprint density at radius 1 is 0.917 bits per heavy atom. The number of amides is 1. The third-order valence-electron chi connectivity index (χ3n) is 13.2. The molecule has 15 heteroatoms. The number of ether oxygens (including phenoxy) is 5. The highest BCUT2D eigenvalue weighted by atomic mass is 16.6. The first-order valence-corrected chi connectivity index (χ1v) is 20.4. The monoisotopic (exact) mass is 835 g/mol. The van der Waals surface area contributed by atoms with Crippen LogP contribution in [0.3, 0.4) is 0 Å². The van der Waals surface area contributed by atoms with Gasteiger partial charge >= 0.3 is 23.9 Å². The molecule has 5 N–H and O–H groups in total. The highest BCUT2D eigenvalue weighted by Gasteiger charge is 2.79. The molecule has 1 saturated heterocycles. The molecule has 3 fully saturated rings. The van der Waals surface area contributed by atoms with E-state index >= 15 is 0 Å². The van der Waals surface area contributed by atoms with Crippen LogP contribution in [0.25, 0.3) is 0 Å². The molecule has 4 aliphatic rings. The minimum atomic E-state index is -1.99. The summed E-state index contributed by atoms with van der Waals surface area (Å²) in [7, 11) is 0. The first-order chi connectivity index (χ1) is 28.1. The van der Waals surface area contributed by atoms with Gasteiger partial charge in [-0.15, -0.1) is 0 Å². The van der Waals surface area contributed by atoms with E-state index in [4.69, 9.17) is 23.7 Å². The highest BCUT2D eigenvalue weighted by molar-refractivity contribution is 5.94. The highest BCUT2D eigenvalue weighted by Crippen LogP contribution is 2.68. The fraction of sp³-hybridized carbons (Fsp3) is 0.578. The summed E-state index contributed by atoms with van der Waals surface area (Å²) in [6.45, 7) is 11.8. The van der Waals surface area contributed by atoms with Crippen molar-refractivity contribution in [1.82, 2.24) is 5.32 Å². The number of fused-ring (bicyclic) bond motifs is 4. The second-order valence-corrected chi connectivity index (χ2v) is 17.9. The predicted octanol–water partition coefficient (Wildman–Crippen LogP) is 3.20. The number of nitrogens with one attached hydrogen (secondary N) is 1. The standard InChI is InChI=1S/C45H57NO14/c1-23(2)19-29(46-39(52)27-15-11-9-12-16-27)34(50)41(54)58-30-21-44(42(6,7)55)33(24(30)3)35(57-25(4)47)37(51)43(8)31(49)20-32-45(22-56-32,60-26(5)48)36(43)38(44)59-40(53)28-17-13-10-14-18-28/h9-18,23,29-32,34-38,49-51,55H,19-22H2,1-8H3,(H,46,52)/t29-,30-,31-,32+,34+,35-,36-,37-,38-,43+,44-,45-/m0/s1. The maximum absolute atomic E-state index is 14.4. The SMILES string of the molecule is CC(=O)O[C@H]1C2=C(C)[C@@H](OC(=O)[C@H](O)[C@H](CC(C)C)NC(=O)c3ccccc3)C[C@@]2(C(C)(C)O)[C@@H](OC(=O)c2ccccc2)[C@@H]2[C@]3(OC(C)=O)CO[C@@H]3C[C@H](O)[C@@]2(C)[C@H]1O. The lowest BCUT2D eigenvalue weighted by molar-refractivity contribution is -0.351. The molecule has 1 heterocycles. The molecule has 15 nitrogen and oxygen atoms in total. The number of aliphatic hydroxyl groups is 4. The van der Waals surface area contributed by atoms with E-state index in [1.165, 1.54) is 39.8 Å². The first kappa shape index (κ1) is 44.9. The number of hydrogen-bond donors (Lipinski definition) is 5. The third kappa shape index (κ3) is 7.63. The van der Waals surface area contributed by atoms with Gasteiger partial charge in [-0.2, -0.15) is 0 Å². The van der Waals surface area contributed by atoms with Crippen molar-refractivity contribution in [1.29, 1.82) is 0 Å². The van der Waals surface area contributed by atoms with Crippen LogP contribution >= 0.6 is 0 Å². The fourth-order valence-corrected chi connectivity index (χ4v) is 10.4. The van der Waals surface area contributed by atoms with Crippen LogP contribution in [0, 0.1) is 22.7 Å². The molecule has 0 aromatic heterocycles. The van der Waals surface area contributed by atoms with E-state index in [1.54, 1.807) is 55.5 Å². The molecule has 12 atom stereocenters. The van der Waals surface area contributed by atoms with Gasteiger partial charge < -0.3 is 49.4 Å². The average molecular weight is 836 g/mol. The van der Waals surface area contributed by atoms with Gasteiger partial charge in [-0.05, 0) is 68.5 Å². The van der Waals surface area contributed by atoms with Crippen LogP contribution in [0.15, 0.2) is 71.8 Å². The van der Waals surface area contributed by atoms with Crippen molar-refractivity contribution in [2.45, 2.75) is 135 Å². The number of hydrogen-bond acceptors (Lipinski definition) is 14. The van der Waals surface area contributed by atoms with Crippen molar-refractivity contribution in [2.75, 3.05) is 6.61 Å². The second-order valence-electron chi connectivity index (χ2n) is 17.9. The Hall–Kier alpha value is -4.67. The van der Waals surface area contributed by atoms with E-state index in [9.17, 15) is 44.4 Å². The Morgan fingerprint density at radius 3 is 2.03 bits per heavy atom. The zero-order valence-electron chi connectivity index (χ0n) is 35.2. The van der Waals surface area contributed by atoms with Crippen LogP contribution < -0.4 is 5.32 Å². The minimum Gasteiger partial charge on any atom is -0.457 e. The predicted molar refractivity (Wildman–Crippen MR) is 213 cm³/mol. The zero-order chi connectivity index (χ0) is 44.1. The fourth-order valence-electron chi connectivity index (χ4n) is 10.4. The van der Waals surface area contributed by atoms with Crippen molar-refractivity contribution >= 4 is 29.8 Å². The van der Waals surface area contributed by atoms with Gasteiger partial charge in [0.25, 0.3) is 5.91 Å². The number of carbonyl (C=O) groups is 5. The number of benzene rings is 2. The summed E-state index contributed by atoms with van der Waals surface area (Å²) in [5.41, 5.74) is -6.64. The molecular formula is C45H57NO14. The molecule has 60 heavy (non-hydrogen) atoms. The van der Waals surface area contributed by atoms with Gasteiger partial charge in [0, 0.05) is 37.7 Å². The first-order valence-electron chi connectivity index (χ1n) is 20.4.